The van der Waals surface area contributed by atoms with Crippen LogP contribution in [0.1, 0.15) is 10.4 Å². The Balaban J connectivity index is 0.000000980. The summed E-state index contributed by atoms with van der Waals surface area (Å²) >= 11 is 0. The molecule has 4 heteroatoms. The van der Waals surface area contributed by atoms with Crippen molar-refractivity contribution >= 4 is 29.3 Å². The Hall–Kier alpha value is -1.48. The lowest BCUT2D eigenvalue weighted by molar-refractivity contribution is 0.0601. The molecule has 74 valence electrons. The van der Waals surface area contributed by atoms with Gasteiger partial charge >= 0.3 is 5.97 Å². The number of halogens is 1. The van der Waals surface area contributed by atoms with Crippen molar-refractivity contribution in [3.05, 3.63) is 36.0 Å². The highest BCUT2D eigenvalue weighted by Crippen LogP contribution is 2.14. The van der Waals surface area contributed by atoms with Crippen LogP contribution in [-0.4, -0.2) is 18.1 Å². The summed E-state index contributed by atoms with van der Waals surface area (Å²) in [5.41, 5.74) is 1.60. The normalized spacial score (nSPS) is 9.50. The van der Waals surface area contributed by atoms with Gasteiger partial charge in [-0.25, -0.2) is 4.79 Å². The zero-order valence-corrected chi connectivity index (χ0v) is 8.43. The molecule has 0 radical (unpaired) electrons. The van der Waals surface area contributed by atoms with E-state index >= 15 is 0 Å². The van der Waals surface area contributed by atoms with Crippen LogP contribution >= 0.6 is 12.4 Å². The zero-order valence-electron chi connectivity index (χ0n) is 7.61. The van der Waals surface area contributed by atoms with Crippen LogP contribution in [0.3, 0.4) is 0 Å². The lowest BCUT2D eigenvalue weighted by atomic mass is 10.1. The van der Waals surface area contributed by atoms with E-state index in [0.717, 1.165) is 10.9 Å². The van der Waals surface area contributed by atoms with Gasteiger partial charge in [0.05, 0.1) is 12.7 Å². The highest BCUT2D eigenvalue weighted by atomic mass is 35.5. The SMILES string of the molecule is COC(=O)c1ccc2[nH]ccc2c1.Cl. The smallest absolute Gasteiger partial charge is 0.337 e. The summed E-state index contributed by atoms with van der Waals surface area (Å²) in [6.45, 7) is 0. The molecule has 0 amide bonds. The molecule has 1 heterocycles. The number of fused-ring (bicyclic) bond motifs is 1. The van der Waals surface area contributed by atoms with Gasteiger partial charge in [-0.3, -0.25) is 0 Å². The molecular weight excluding hydrogens is 202 g/mol. The quantitative estimate of drug-likeness (QED) is 0.736. The molecule has 1 aromatic heterocycles. The minimum atomic E-state index is -0.303. The maximum atomic E-state index is 11.1. The number of benzene rings is 1. The number of methoxy groups -OCH3 is 1. The second-order valence-electron chi connectivity index (χ2n) is 2.77. The third-order valence-electron chi connectivity index (χ3n) is 1.97. The molecule has 0 atom stereocenters. The van der Waals surface area contributed by atoms with E-state index in [-0.39, 0.29) is 18.4 Å². The Labute approximate surface area is 87.5 Å². The van der Waals surface area contributed by atoms with Gasteiger partial charge in [0, 0.05) is 17.1 Å². The molecule has 0 unspecified atom stereocenters. The van der Waals surface area contributed by atoms with Gasteiger partial charge in [-0.1, -0.05) is 0 Å². The summed E-state index contributed by atoms with van der Waals surface area (Å²) in [5.74, 6) is -0.303. The Morgan fingerprint density at radius 2 is 2.14 bits per heavy atom. The van der Waals surface area contributed by atoms with Crippen molar-refractivity contribution in [2.75, 3.05) is 7.11 Å². The van der Waals surface area contributed by atoms with Crippen molar-refractivity contribution in [1.82, 2.24) is 4.98 Å². The van der Waals surface area contributed by atoms with E-state index in [1.54, 1.807) is 12.1 Å². The zero-order chi connectivity index (χ0) is 9.26. The van der Waals surface area contributed by atoms with Crippen molar-refractivity contribution in [3.63, 3.8) is 0 Å². The van der Waals surface area contributed by atoms with Gasteiger partial charge in [0.2, 0.25) is 0 Å². The van der Waals surface area contributed by atoms with E-state index in [1.807, 2.05) is 18.3 Å². The number of ether oxygens (including phenoxy) is 1. The number of carbonyl (C=O) groups excluding carboxylic acids is 1. The molecule has 0 saturated heterocycles. The van der Waals surface area contributed by atoms with Gasteiger partial charge in [0.25, 0.3) is 0 Å². The molecule has 14 heavy (non-hydrogen) atoms. The fourth-order valence-corrected chi connectivity index (χ4v) is 1.30. The molecule has 1 aromatic carbocycles. The van der Waals surface area contributed by atoms with Crippen molar-refractivity contribution < 1.29 is 9.53 Å². The molecule has 3 nitrogen and oxygen atoms in total. The first kappa shape index (κ1) is 10.6. The molecule has 2 rings (SSSR count). The number of aromatic amines is 1. The Morgan fingerprint density at radius 3 is 2.86 bits per heavy atom. The van der Waals surface area contributed by atoms with E-state index < -0.39 is 0 Å². The molecule has 0 bridgehead atoms. The van der Waals surface area contributed by atoms with E-state index in [4.69, 9.17) is 0 Å². The van der Waals surface area contributed by atoms with Gasteiger partial charge in [-0.15, -0.1) is 12.4 Å². The van der Waals surface area contributed by atoms with Crippen LogP contribution < -0.4 is 0 Å². The first-order valence-electron chi connectivity index (χ1n) is 3.97. The minimum Gasteiger partial charge on any atom is -0.465 e. The van der Waals surface area contributed by atoms with Crippen LogP contribution in [0.25, 0.3) is 10.9 Å². The molecule has 0 aliphatic heterocycles. The minimum absolute atomic E-state index is 0. The van der Waals surface area contributed by atoms with Crippen molar-refractivity contribution in [2.45, 2.75) is 0 Å². The number of hydrogen-bond donors (Lipinski definition) is 1. The van der Waals surface area contributed by atoms with Crippen LogP contribution in [0.2, 0.25) is 0 Å². The number of aromatic nitrogens is 1. The van der Waals surface area contributed by atoms with Gasteiger partial charge in [-0.2, -0.15) is 0 Å². The van der Waals surface area contributed by atoms with Crippen molar-refractivity contribution in [1.29, 1.82) is 0 Å². The Kier molecular flexibility index (Phi) is 3.14. The lowest BCUT2D eigenvalue weighted by Gasteiger charge is -1.98. The lowest BCUT2D eigenvalue weighted by Crippen LogP contribution is -2.00. The molecule has 0 spiro atoms. The standard InChI is InChI=1S/C10H9NO2.ClH/c1-13-10(12)8-2-3-9-7(6-8)4-5-11-9;/h2-6,11H,1H3;1H. The molecule has 0 fully saturated rings. The van der Waals surface area contributed by atoms with E-state index in [1.165, 1.54) is 7.11 Å². The highest BCUT2D eigenvalue weighted by molar-refractivity contribution is 5.94. The molecule has 0 aliphatic rings. The first-order chi connectivity index (χ1) is 6.31. The van der Waals surface area contributed by atoms with Crippen LogP contribution in [0, 0.1) is 0 Å². The fraction of sp³-hybridized carbons (Fsp3) is 0.100. The summed E-state index contributed by atoms with van der Waals surface area (Å²) in [7, 11) is 1.38. The Morgan fingerprint density at radius 1 is 1.36 bits per heavy atom. The molecular formula is C10H10ClNO2. The predicted octanol–water partition coefficient (Wildman–Crippen LogP) is 2.38. The largest absolute Gasteiger partial charge is 0.465 e. The number of nitrogens with one attached hydrogen (secondary N) is 1. The van der Waals surface area contributed by atoms with Crippen molar-refractivity contribution in [3.8, 4) is 0 Å². The highest BCUT2D eigenvalue weighted by Gasteiger charge is 2.05. The third-order valence-corrected chi connectivity index (χ3v) is 1.97. The Bertz CT molecular complexity index is 450. The molecule has 0 saturated carbocycles. The van der Waals surface area contributed by atoms with E-state index in [2.05, 4.69) is 9.72 Å². The van der Waals surface area contributed by atoms with Crippen LogP contribution in [0.15, 0.2) is 30.5 Å². The number of rotatable bonds is 1. The van der Waals surface area contributed by atoms with Gasteiger partial charge in [0.1, 0.15) is 0 Å². The van der Waals surface area contributed by atoms with Gasteiger partial charge in [0.15, 0.2) is 0 Å². The first-order valence-corrected chi connectivity index (χ1v) is 3.97. The van der Waals surface area contributed by atoms with Crippen LogP contribution in [-0.2, 0) is 4.74 Å². The monoisotopic (exact) mass is 211 g/mol. The summed E-state index contributed by atoms with van der Waals surface area (Å²) in [6, 6.07) is 7.33. The second kappa shape index (κ2) is 4.15. The average Bonchev–Trinajstić information content (AvgIpc) is 2.63. The topological polar surface area (TPSA) is 42.1 Å². The number of hydrogen-bond acceptors (Lipinski definition) is 2. The summed E-state index contributed by atoms with van der Waals surface area (Å²) in [4.78, 5) is 14.2. The third kappa shape index (κ3) is 1.72. The summed E-state index contributed by atoms with van der Waals surface area (Å²) < 4.78 is 4.61. The van der Waals surface area contributed by atoms with Crippen molar-refractivity contribution in [2.24, 2.45) is 0 Å². The van der Waals surface area contributed by atoms with Gasteiger partial charge in [-0.05, 0) is 24.3 Å². The maximum Gasteiger partial charge on any atom is 0.337 e. The van der Waals surface area contributed by atoms with E-state index in [9.17, 15) is 4.79 Å². The van der Waals surface area contributed by atoms with Gasteiger partial charge < -0.3 is 9.72 Å². The predicted molar refractivity (Wildman–Crippen MR) is 56.9 cm³/mol. The number of carbonyl (C=O) groups is 1. The summed E-state index contributed by atoms with van der Waals surface area (Å²) in [6.07, 6.45) is 1.84. The molecule has 0 aliphatic carbocycles. The maximum absolute atomic E-state index is 11.1. The average molecular weight is 212 g/mol. The van der Waals surface area contributed by atoms with Crippen LogP contribution in [0.4, 0.5) is 0 Å². The van der Waals surface area contributed by atoms with E-state index in [0.29, 0.717) is 5.56 Å². The summed E-state index contributed by atoms with van der Waals surface area (Å²) in [5, 5.41) is 1.02. The van der Waals surface area contributed by atoms with Crippen LogP contribution in [0.5, 0.6) is 0 Å². The number of esters is 1. The second-order valence-corrected chi connectivity index (χ2v) is 2.77. The fourth-order valence-electron chi connectivity index (χ4n) is 1.30. The molecule has 2 aromatic rings. The molecule has 1 N–H and O–H groups in total. The number of H-pyrrole nitrogens is 1.